The molecule has 0 bridgehead atoms. The molecule has 43 heavy (non-hydrogen) atoms. The number of carbonyl (C=O) groups is 3. The van der Waals surface area contributed by atoms with Crippen molar-refractivity contribution in [2.24, 2.45) is 11.1 Å². The topological polar surface area (TPSA) is 132 Å². The molecular formula is C35H35N3O5. The lowest BCUT2D eigenvalue weighted by Crippen LogP contribution is -2.53. The predicted octanol–water partition coefficient (Wildman–Crippen LogP) is 4.67. The number of nitrogens with one attached hydrogen (secondary N) is 1. The average Bonchev–Trinajstić information content (AvgIpc) is 3.03. The highest BCUT2D eigenvalue weighted by Gasteiger charge is 2.57. The lowest BCUT2D eigenvalue weighted by molar-refractivity contribution is -0.160. The van der Waals surface area contributed by atoms with Crippen molar-refractivity contribution in [3.8, 4) is 11.8 Å². The number of benzene rings is 3. The van der Waals surface area contributed by atoms with Crippen LogP contribution in [0.2, 0.25) is 0 Å². The minimum Gasteiger partial charge on any atom is -0.497 e. The van der Waals surface area contributed by atoms with E-state index in [4.69, 9.17) is 15.2 Å². The summed E-state index contributed by atoms with van der Waals surface area (Å²) in [6.07, 6.45) is 8.10. The van der Waals surface area contributed by atoms with E-state index in [1.165, 1.54) is 0 Å². The van der Waals surface area contributed by atoms with Crippen LogP contribution in [0.4, 0.5) is 0 Å². The third-order valence-corrected chi connectivity index (χ3v) is 7.87. The second-order valence-corrected chi connectivity index (χ2v) is 10.5. The third kappa shape index (κ3) is 7.19. The zero-order chi connectivity index (χ0) is 30.7. The summed E-state index contributed by atoms with van der Waals surface area (Å²) in [7, 11) is 1.61. The molecule has 0 heterocycles. The molecule has 0 radical (unpaired) electrons. The van der Waals surface area contributed by atoms with Gasteiger partial charge in [-0.1, -0.05) is 78.9 Å². The second-order valence-electron chi connectivity index (χ2n) is 10.5. The van der Waals surface area contributed by atoms with Crippen molar-refractivity contribution in [2.75, 3.05) is 13.7 Å². The van der Waals surface area contributed by atoms with Gasteiger partial charge in [-0.2, -0.15) is 5.26 Å². The zero-order valence-electron chi connectivity index (χ0n) is 24.1. The first kappa shape index (κ1) is 30.8. The van der Waals surface area contributed by atoms with E-state index in [9.17, 15) is 19.6 Å². The van der Waals surface area contributed by atoms with Crippen molar-refractivity contribution in [1.29, 1.82) is 5.26 Å². The van der Waals surface area contributed by atoms with Crippen LogP contribution in [0, 0.1) is 16.7 Å². The van der Waals surface area contributed by atoms with Crippen molar-refractivity contribution in [3.63, 3.8) is 0 Å². The maximum absolute atomic E-state index is 14.4. The number of allylic oxidation sites excluding steroid dienone is 3. The maximum atomic E-state index is 14.4. The number of esters is 1. The second kappa shape index (κ2) is 14.1. The van der Waals surface area contributed by atoms with Crippen LogP contribution < -0.4 is 15.8 Å². The number of nitrogens with zero attached hydrogens (tertiary/aromatic N) is 1. The number of hydrogen-bond donors (Lipinski definition) is 2. The number of aryl methyl sites for hydroxylation is 1. The summed E-state index contributed by atoms with van der Waals surface area (Å²) in [4.78, 5) is 39.2. The van der Waals surface area contributed by atoms with E-state index in [1.807, 2.05) is 78.9 Å². The van der Waals surface area contributed by atoms with Crippen molar-refractivity contribution in [3.05, 3.63) is 125 Å². The van der Waals surface area contributed by atoms with Gasteiger partial charge in [0, 0.05) is 24.8 Å². The molecule has 2 unspecified atom stereocenters. The van der Waals surface area contributed by atoms with Crippen molar-refractivity contribution < 1.29 is 23.9 Å². The molecule has 0 saturated heterocycles. The van der Waals surface area contributed by atoms with Crippen molar-refractivity contribution in [2.45, 2.75) is 37.7 Å². The highest BCUT2D eigenvalue weighted by atomic mass is 16.5. The van der Waals surface area contributed by atoms with E-state index in [-0.39, 0.29) is 26.0 Å². The molecule has 1 aliphatic carbocycles. The summed E-state index contributed by atoms with van der Waals surface area (Å²) in [6, 6.07) is 26.3. The molecule has 220 valence electrons. The van der Waals surface area contributed by atoms with Gasteiger partial charge in [0.15, 0.2) is 0 Å². The fourth-order valence-electron chi connectivity index (χ4n) is 5.55. The molecular weight excluding hydrogens is 542 g/mol. The Balaban J connectivity index is 1.79. The van der Waals surface area contributed by atoms with E-state index in [1.54, 1.807) is 31.4 Å². The van der Waals surface area contributed by atoms with Crippen LogP contribution in [0.5, 0.6) is 5.75 Å². The Morgan fingerprint density at radius 1 is 0.907 bits per heavy atom. The maximum Gasteiger partial charge on any atom is 0.318 e. The van der Waals surface area contributed by atoms with Crippen molar-refractivity contribution in [1.82, 2.24) is 5.32 Å². The van der Waals surface area contributed by atoms with Crippen LogP contribution in [0.1, 0.15) is 41.5 Å². The van der Waals surface area contributed by atoms with Crippen LogP contribution in [-0.4, -0.2) is 31.4 Å². The molecule has 3 aromatic carbocycles. The van der Waals surface area contributed by atoms with Gasteiger partial charge in [0.05, 0.1) is 18.7 Å². The van der Waals surface area contributed by atoms with Gasteiger partial charge in [-0.25, -0.2) is 0 Å². The molecule has 2 atom stereocenters. The summed E-state index contributed by atoms with van der Waals surface area (Å²) < 4.78 is 11.3. The van der Waals surface area contributed by atoms with Crippen LogP contribution in [-0.2, 0) is 37.6 Å². The summed E-state index contributed by atoms with van der Waals surface area (Å²) in [6.45, 7) is 0.0861. The lowest BCUT2D eigenvalue weighted by Gasteiger charge is -2.47. The summed E-state index contributed by atoms with van der Waals surface area (Å²) >= 11 is 0. The number of rotatable bonds is 13. The highest BCUT2D eigenvalue weighted by molar-refractivity contribution is 5.90. The number of nitrogens with two attached hydrogens (primary N) is 1. The van der Waals surface area contributed by atoms with Gasteiger partial charge in [-0.05, 0) is 53.8 Å². The summed E-state index contributed by atoms with van der Waals surface area (Å²) in [5.41, 5.74) is 5.88. The molecule has 4 rings (SSSR count). The van der Waals surface area contributed by atoms with Crippen molar-refractivity contribution >= 4 is 17.8 Å². The van der Waals surface area contributed by atoms with Gasteiger partial charge in [0.25, 0.3) is 0 Å². The monoisotopic (exact) mass is 577 g/mol. The van der Waals surface area contributed by atoms with Gasteiger partial charge in [0.1, 0.15) is 17.8 Å². The smallest absolute Gasteiger partial charge is 0.318 e. The van der Waals surface area contributed by atoms with Gasteiger partial charge in [-0.15, -0.1) is 0 Å². The lowest BCUT2D eigenvalue weighted by atomic mass is 9.54. The molecule has 8 heteroatoms. The van der Waals surface area contributed by atoms with Crippen LogP contribution >= 0.6 is 0 Å². The predicted molar refractivity (Wildman–Crippen MR) is 163 cm³/mol. The molecule has 0 fully saturated rings. The van der Waals surface area contributed by atoms with E-state index in [0.29, 0.717) is 18.4 Å². The zero-order valence-corrected chi connectivity index (χ0v) is 24.1. The Morgan fingerprint density at radius 2 is 1.60 bits per heavy atom. The molecule has 0 aromatic heterocycles. The molecule has 8 nitrogen and oxygen atoms in total. The molecule has 3 aromatic rings. The Hall–Kier alpha value is -5.16. The normalized spacial score (nSPS) is 18.8. The Kier molecular flexibility index (Phi) is 10.1. The first-order valence-electron chi connectivity index (χ1n) is 14.1. The highest BCUT2D eigenvalue weighted by Crippen LogP contribution is 2.53. The standard InChI is InChI=1S/C35H35N3O5/c1-42-30-15-11-26(12-16-30)17-21-34(29-13-9-27(24-36)10-14-29)19-5-6-20-35(34,23-32(40)38-22-18-31(37)39)33(41)43-25-28-7-3-2-4-8-28/h2-16,19-20H,17-18,21-23,25H2,1H3,(H2,37,39)(H,38,40). The van der Waals surface area contributed by atoms with E-state index in [2.05, 4.69) is 11.4 Å². The van der Waals surface area contributed by atoms with Gasteiger partial charge < -0.3 is 20.5 Å². The van der Waals surface area contributed by atoms with E-state index >= 15 is 0 Å². The van der Waals surface area contributed by atoms with E-state index in [0.717, 1.165) is 22.4 Å². The van der Waals surface area contributed by atoms with Crippen LogP contribution in [0.15, 0.2) is 103 Å². The number of carbonyl (C=O) groups excluding carboxylic acids is 3. The Labute approximate surface area is 251 Å². The number of primary amides is 1. The largest absolute Gasteiger partial charge is 0.497 e. The Bertz CT molecular complexity index is 1520. The molecule has 3 N–H and O–H groups in total. The summed E-state index contributed by atoms with van der Waals surface area (Å²) in [5, 5.41) is 12.2. The number of amides is 2. The van der Waals surface area contributed by atoms with Gasteiger partial charge >= 0.3 is 5.97 Å². The molecule has 0 aliphatic heterocycles. The molecule has 2 amide bonds. The molecule has 0 spiro atoms. The van der Waals surface area contributed by atoms with Gasteiger partial charge in [0.2, 0.25) is 11.8 Å². The summed E-state index contributed by atoms with van der Waals surface area (Å²) in [5.74, 6) is -0.775. The fraction of sp³-hybridized carbons (Fsp3) is 0.257. The minimum absolute atomic E-state index is 0.0226. The quantitative estimate of drug-likeness (QED) is 0.284. The van der Waals surface area contributed by atoms with Gasteiger partial charge in [-0.3, -0.25) is 14.4 Å². The number of hydrogen-bond acceptors (Lipinski definition) is 6. The van der Waals surface area contributed by atoms with Crippen LogP contribution in [0.25, 0.3) is 0 Å². The molecule has 0 saturated carbocycles. The SMILES string of the molecule is COc1ccc(CCC2(c3ccc(C#N)cc3)C=CC=CC2(CC(=O)NCCC(N)=O)C(=O)OCc2ccccc2)cc1. The third-order valence-electron chi connectivity index (χ3n) is 7.87. The number of methoxy groups -OCH3 is 1. The Morgan fingerprint density at radius 3 is 2.26 bits per heavy atom. The minimum atomic E-state index is -1.45. The van der Waals surface area contributed by atoms with E-state index < -0.39 is 28.6 Å². The average molecular weight is 578 g/mol. The number of nitriles is 1. The molecule has 1 aliphatic rings. The fourth-order valence-corrected chi connectivity index (χ4v) is 5.55. The first-order chi connectivity index (χ1) is 20.8. The first-order valence-corrected chi connectivity index (χ1v) is 14.1. The van der Waals surface area contributed by atoms with Crippen LogP contribution in [0.3, 0.4) is 0 Å². The number of ether oxygens (including phenoxy) is 2.